The number of rotatable bonds is 3. The number of fused-ring (bicyclic) bond motifs is 2. The third-order valence-electron chi connectivity index (χ3n) is 6.55. The van der Waals surface area contributed by atoms with Crippen molar-refractivity contribution < 1.29 is 24.0 Å². The molecule has 3 saturated heterocycles. The number of carbonyl (C=O) groups is 5. The molecular weight excluding hydrogens is 438 g/mol. The van der Waals surface area contributed by atoms with E-state index in [0.29, 0.717) is 18.9 Å². The lowest BCUT2D eigenvalue weighted by molar-refractivity contribution is -0.134. The Morgan fingerprint density at radius 1 is 1.09 bits per heavy atom. The van der Waals surface area contributed by atoms with E-state index in [9.17, 15) is 24.0 Å². The number of nitrogens with one attached hydrogen (secondary N) is 3. The molecule has 0 radical (unpaired) electrons. The van der Waals surface area contributed by atoms with E-state index in [1.165, 1.54) is 0 Å². The van der Waals surface area contributed by atoms with E-state index in [-0.39, 0.29) is 61.5 Å². The van der Waals surface area contributed by atoms with Crippen molar-refractivity contribution in [3.05, 3.63) is 0 Å². The molecule has 3 aliphatic rings. The fourth-order valence-corrected chi connectivity index (χ4v) is 5.11. The quantitative estimate of drug-likeness (QED) is 0.489. The molecule has 0 aromatic carbocycles. The number of ketones is 1. The lowest BCUT2D eigenvalue weighted by atomic mass is 9.99. The summed E-state index contributed by atoms with van der Waals surface area (Å²) in [6.45, 7) is 10.00. The van der Waals surface area contributed by atoms with Crippen molar-refractivity contribution in [2.45, 2.75) is 96.4 Å². The lowest BCUT2D eigenvalue weighted by Crippen LogP contribution is -2.59. The Morgan fingerprint density at radius 2 is 1.79 bits per heavy atom. The number of nitrogens with zero attached hydrogens (tertiary/aromatic N) is 2. The van der Waals surface area contributed by atoms with Crippen LogP contribution >= 0.6 is 0 Å². The van der Waals surface area contributed by atoms with Crippen molar-refractivity contribution in [2.75, 3.05) is 19.6 Å². The second-order valence-corrected chi connectivity index (χ2v) is 11.1. The first-order valence-corrected chi connectivity index (χ1v) is 12.3. The van der Waals surface area contributed by atoms with Crippen LogP contribution in [0.25, 0.3) is 0 Å². The van der Waals surface area contributed by atoms with E-state index in [1.54, 1.807) is 4.90 Å². The number of hydrogen-bond acceptors (Lipinski definition) is 6. The summed E-state index contributed by atoms with van der Waals surface area (Å²) in [5.74, 6) is -1.08. The van der Waals surface area contributed by atoms with Crippen LogP contribution in [-0.4, -0.2) is 88.6 Å². The Balaban J connectivity index is 1.96. The molecule has 0 aliphatic carbocycles. The molecule has 1 unspecified atom stereocenters. The minimum absolute atomic E-state index is 0.0221. The van der Waals surface area contributed by atoms with Crippen LogP contribution in [0.3, 0.4) is 0 Å². The molecule has 3 N–H and O–H groups in total. The summed E-state index contributed by atoms with van der Waals surface area (Å²) in [5.41, 5.74) is -0.479. The average molecular weight is 478 g/mol. The predicted octanol–water partition coefficient (Wildman–Crippen LogP) is -0.0451. The molecule has 0 bridgehead atoms. The highest BCUT2D eigenvalue weighted by molar-refractivity contribution is 5.93. The minimum atomic E-state index is -0.681. The highest BCUT2D eigenvalue weighted by Gasteiger charge is 2.59. The van der Waals surface area contributed by atoms with Crippen molar-refractivity contribution in [3.8, 4) is 0 Å². The molecule has 34 heavy (non-hydrogen) atoms. The van der Waals surface area contributed by atoms with Gasteiger partial charge < -0.3 is 20.9 Å². The molecule has 0 aromatic rings. The van der Waals surface area contributed by atoms with Gasteiger partial charge in [0.05, 0.1) is 31.2 Å². The van der Waals surface area contributed by atoms with Crippen LogP contribution in [0.4, 0.5) is 0 Å². The van der Waals surface area contributed by atoms with E-state index in [1.807, 2.05) is 25.7 Å². The zero-order valence-electron chi connectivity index (χ0n) is 21.0. The normalized spacial score (nSPS) is 29.5. The summed E-state index contributed by atoms with van der Waals surface area (Å²) in [7, 11) is 0. The number of carbonyl (C=O) groups excluding carboxylic acids is 5. The van der Waals surface area contributed by atoms with Gasteiger partial charge >= 0.3 is 0 Å². The first-order valence-electron chi connectivity index (χ1n) is 12.3. The molecule has 0 saturated carbocycles. The monoisotopic (exact) mass is 477 g/mol. The topological polar surface area (TPSA) is 128 Å². The summed E-state index contributed by atoms with van der Waals surface area (Å²) >= 11 is 0. The van der Waals surface area contributed by atoms with Crippen molar-refractivity contribution in [3.63, 3.8) is 0 Å². The Labute approximate surface area is 201 Å². The van der Waals surface area contributed by atoms with Gasteiger partial charge in [0.2, 0.25) is 23.6 Å². The van der Waals surface area contributed by atoms with E-state index in [0.717, 1.165) is 12.8 Å². The maximum absolute atomic E-state index is 13.6. The molecule has 3 rings (SSSR count). The molecule has 3 aliphatic heterocycles. The second-order valence-electron chi connectivity index (χ2n) is 11.1. The SMILES string of the molecule is CC(C)C[C@H]1[C@H]2[C@@H](C(=O)NC(C)(C)C)N3CCCC3C(=O)NCC(=O)NCC(=O)CCC(=O)N21. The smallest absolute Gasteiger partial charge is 0.240 e. The average Bonchev–Trinajstić information content (AvgIpc) is 3.17. The minimum Gasteiger partial charge on any atom is -0.350 e. The zero-order chi connectivity index (χ0) is 25.2. The van der Waals surface area contributed by atoms with Crippen molar-refractivity contribution in [1.82, 2.24) is 25.8 Å². The van der Waals surface area contributed by atoms with Crippen molar-refractivity contribution >= 4 is 29.4 Å². The maximum Gasteiger partial charge on any atom is 0.240 e. The highest BCUT2D eigenvalue weighted by atomic mass is 16.2. The Hall–Kier alpha value is -2.49. The molecule has 10 heteroatoms. The van der Waals surface area contributed by atoms with Gasteiger partial charge in [-0.15, -0.1) is 0 Å². The van der Waals surface area contributed by atoms with E-state index >= 15 is 0 Å². The van der Waals surface area contributed by atoms with E-state index in [4.69, 9.17) is 0 Å². The standard InChI is InChI=1S/C24H39N5O5/c1-14(2)11-17-20-21(23(34)27-24(3,4)5)28-10-6-7-16(28)22(33)26-13-18(31)25-12-15(30)8-9-19(32)29(17)20/h14,16-17,20-21H,6-13H2,1-5H3,(H,25,31)(H,26,33)(H,27,34)/t16?,17-,20-,21-,29?/m0/s1. The van der Waals surface area contributed by atoms with Gasteiger partial charge in [-0.3, -0.25) is 28.9 Å². The van der Waals surface area contributed by atoms with Crippen LogP contribution in [0.1, 0.15) is 66.7 Å². The van der Waals surface area contributed by atoms with Crippen LogP contribution in [0.15, 0.2) is 0 Å². The lowest BCUT2D eigenvalue weighted by Gasteiger charge is -2.34. The van der Waals surface area contributed by atoms with Crippen LogP contribution < -0.4 is 16.0 Å². The number of amides is 4. The van der Waals surface area contributed by atoms with Crippen LogP contribution in [0, 0.1) is 5.92 Å². The summed E-state index contributed by atoms with van der Waals surface area (Å²) in [4.78, 5) is 67.7. The van der Waals surface area contributed by atoms with Crippen LogP contribution in [-0.2, 0) is 24.0 Å². The van der Waals surface area contributed by atoms with Gasteiger partial charge in [-0.1, -0.05) is 13.8 Å². The van der Waals surface area contributed by atoms with Crippen molar-refractivity contribution in [1.29, 1.82) is 0 Å². The number of Topliss-reactive ketones (excluding diaryl/α,β-unsaturated/α-hetero) is 1. The molecule has 4 amide bonds. The molecule has 3 heterocycles. The van der Waals surface area contributed by atoms with Gasteiger partial charge in [0, 0.05) is 18.4 Å². The van der Waals surface area contributed by atoms with Gasteiger partial charge in [-0.25, -0.2) is 0 Å². The second kappa shape index (κ2) is 10.4. The Bertz CT molecular complexity index is 836. The van der Waals surface area contributed by atoms with Crippen LogP contribution in [0.2, 0.25) is 0 Å². The fourth-order valence-electron chi connectivity index (χ4n) is 5.11. The molecular formula is C24H39N5O5. The van der Waals surface area contributed by atoms with Gasteiger partial charge in [0.25, 0.3) is 0 Å². The Morgan fingerprint density at radius 3 is 2.44 bits per heavy atom. The largest absolute Gasteiger partial charge is 0.350 e. The fraction of sp³-hybridized carbons (Fsp3) is 0.792. The maximum atomic E-state index is 13.6. The summed E-state index contributed by atoms with van der Waals surface area (Å²) in [6.07, 6.45) is 2.11. The molecule has 0 spiro atoms. The van der Waals surface area contributed by atoms with Gasteiger partial charge in [-0.05, 0) is 52.5 Å². The third-order valence-corrected chi connectivity index (χ3v) is 6.55. The Kier molecular flexibility index (Phi) is 8.00. The zero-order valence-corrected chi connectivity index (χ0v) is 21.0. The summed E-state index contributed by atoms with van der Waals surface area (Å²) in [5, 5.41) is 8.21. The molecule has 3 fully saturated rings. The molecule has 0 aromatic heterocycles. The van der Waals surface area contributed by atoms with E-state index in [2.05, 4.69) is 29.8 Å². The van der Waals surface area contributed by atoms with Gasteiger partial charge in [-0.2, -0.15) is 0 Å². The highest BCUT2D eigenvalue weighted by Crippen LogP contribution is 2.40. The predicted molar refractivity (Wildman–Crippen MR) is 126 cm³/mol. The van der Waals surface area contributed by atoms with Gasteiger partial charge in [0.15, 0.2) is 5.78 Å². The van der Waals surface area contributed by atoms with Crippen molar-refractivity contribution in [2.24, 2.45) is 5.92 Å². The van der Waals surface area contributed by atoms with Gasteiger partial charge in [0.1, 0.15) is 6.04 Å². The first kappa shape index (κ1) is 26.1. The third kappa shape index (κ3) is 6.34. The molecule has 10 nitrogen and oxygen atoms in total. The summed E-state index contributed by atoms with van der Waals surface area (Å²) < 4.78 is 0. The molecule has 190 valence electrons. The van der Waals surface area contributed by atoms with E-state index < -0.39 is 23.5 Å². The number of hydrogen-bond donors (Lipinski definition) is 3. The first-order chi connectivity index (χ1) is 15.9. The molecule has 4 atom stereocenters. The van der Waals surface area contributed by atoms with Crippen LogP contribution in [0.5, 0.6) is 0 Å². The summed E-state index contributed by atoms with van der Waals surface area (Å²) in [6, 6.07) is -1.71.